The van der Waals surface area contributed by atoms with E-state index in [9.17, 15) is 14.4 Å². The highest BCUT2D eigenvalue weighted by molar-refractivity contribution is 5.71. The van der Waals surface area contributed by atoms with Crippen LogP contribution >= 0.6 is 0 Å². The molecule has 474 valence electrons. The van der Waals surface area contributed by atoms with Crippen LogP contribution in [0.1, 0.15) is 329 Å². The van der Waals surface area contributed by atoms with Crippen LogP contribution in [0.5, 0.6) is 0 Å². The van der Waals surface area contributed by atoms with Gasteiger partial charge in [-0.05, 0) is 109 Å². The summed E-state index contributed by atoms with van der Waals surface area (Å²) in [6, 6.07) is 0. The molecule has 6 heteroatoms. The molecule has 6 nitrogen and oxygen atoms in total. The van der Waals surface area contributed by atoms with Crippen LogP contribution < -0.4 is 0 Å². The number of carbonyl (C=O) groups excluding carboxylic acids is 3. The van der Waals surface area contributed by atoms with Gasteiger partial charge in [0.05, 0.1) is 0 Å². The number of rotatable bonds is 63. The minimum Gasteiger partial charge on any atom is -0.462 e. The Morgan fingerprint density at radius 2 is 0.470 bits per heavy atom. The van der Waals surface area contributed by atoms with Crippen molar-refractivity contribution < 1.29 is 28.6 Å². The van der Waals surface area contributed by atoms with E-state index in [4.69, 9.17) is 14.2 Å². The molecule has 0 aromatic rings. The van der Waals surface area contributed by atoms with Crippen LogP contribution in [0.25, 0.3) is 0 Å². The number of hydrogen-bond acceptors (Lipinski definition) is 6. The summed E-state index contributed by atoms with van der Waals surface area (Å²) < 4.78 is 17.0. The summed E-state index contributed by atoms with van der Waals surface area (Å²) in [7, 11) is 0. The van der Waals surface area contributed by atoms with Gasteiger partial charge in [-0.15, -0.1) is 0 Å². The van der Waals surface area contributed by atoms with E-state index >= 15 is 0 Å². The van der Waals surface area contributed by atoms with Gasteiger partial charge in [-0.3, -0.25) is 14.4 Å². The number of hydrogen-bond donors (Lipinski definition) is 0. The maximum absolute atomic E-state index is 12.9. The standard InChI is InChI=1S/C77H130O6/c1-4-7-10-13-16-19-22-24-26-28-30-32-34-36-37-38-39-41-42-44-46-48-50-52-55-58-61-64-67-70-76(79)82-73-74(72-81-75(78)69-66-63-60-57-54-21-18-15-12-9-6-3)83-77(80)71-68-65-62-59-56-53-51-49-47-45-43-40-35-33-31-29-27-25-23-20-17-14-11-8-5-2/h7-8,10-11,16-17,19-20,24-27,30-33,36-37,40,43,74H,4-6,9,12-15,18,21-23,28-29,34-35,38-39,41-42,44-73H2,1-3H3/b10-7-,11-8-,19-16-,20-17-,26-24-,27-25-,32-30-,33-31-,37-36-,43-40-. The molecular weight excluding hydrogens is 1020 g/mol. The van der Waals surface area contributed by atoms with Crippen LogP contribution in [0.15, 0.2) is 122 Å². The SMILES string of the molecule is CC/C=C\C/C=C\C/C=C\C/C=C\C/C=C\CCCCCCCCCCCCCCCC(=O)OCC(COC(=O)CCCCCCCCCCCCC)OC(=O)CCCCCCCCCCC/C=C\C/C=C\C/C=C\C/C=C\C/C=C\CC. The quantitative estimate of drug-likeness (QED) is 0.0261. The van der Waals surface area contributed by atoms with E-state index < -0.39 is 6.10 Å². The minimum absolute atomic E-state index is 0.0787. The van der Waals surface area contributed by atoms with Crippen molar-refractivity contribution in [1.29, 1.82) is 0 Å². The fourth-order valence-corrected chi connectivity index (χ4v) is 9.79. The third-order valence-electron chi connectivity index (χ3n) is 15.0. The Morgan fingerprint density at radius 3 is 0.735 bits per heavy atom. The normalized spacial score (nSPS) is 12.9. The molecule has 0 radical (unpaired) electrons. The number of ether oxygens (including phenoxy) is 3. The van der Waals surface area contributed by atoms with Crippen molar-refractivity contribution in [1.82, 2.24) is 0 Å². The van der Waals surface area contributed by atoms with Gasteiger partial charge in [0.25, 0.3) is 0 Å². The first-order valence-electron chi connectivity index (χ1n) is 35.0. The zero-order chi connectivity index (χ0) is 59.9. The van der Waals surface area contributed by atoms with Gasteiger partial charge in [0, 0.05) is 19.3 Å². The lowest BCUT2D eigenvalue weighted by molar-refractivity contribution is -0.167. The number of unbranched alkanes of at least 4 members (excludes halogenated alkanes) is 32. The first-order chi connectivity index (χ1) is 41.0. The summed E-state index contributed by atoms with van der Waals surface area (Å²) in [6.45, 7) is 6.43. The molecule has 0 saturated heterocycles. The molecule has 0 spiro atoms. The molecule has 1 unspecified atom stereocenters. The van der Waals surface area contributed by atoms with Crippen molar-refractivity contribution in [2.24, 2.45) is 0 Å². The van der Waals surface area contributed by atoms with Crippen LogP contribution in [0.4, 0.5) is 0 Å². The molecule has 0 aliphatic carbocycles. The number of esters is 3. The fraction of sp³-hybridized carbons (Fsp3) is 0.701. The van der Waals surface area contributed by atoms with Gasteiger partial charge in [0.2, 0.25) is 0 Å². The van der Waals surface area contributed by atoms with E-state index in [1.165, 1.54) is 161 Å². The van der Waals surface area contributed by atoms with Gasteiger partial charge in [0.15, 0.2) is 6.10 Å². The second-order valence-electron chi connectivity index (χ2n) is 23.0. The van der Waals surface area contributed by atoms with E-state index in [-0.39, 0.29) is 31.1 Å². The highest BCUT2D eigenvalue weighted by Crippen LogP contribution is 2.17. The molecule has 83 heavy (non-hydrogen) atoms. The van der Waals surface area contributed by atoms with Gasteiger partial charge in [-0.1, -0.05) is 322 Å². The number of allylic oxidation sites excluding steroid dienone is 20. The summed E-state index contributed by atoms with van der Waals surface area (Å²) >= 11 is 0. The number of carbonyl (C=O) groups is 3. The third kappa shape index (κ3) is 68.5. The Balaban J connectivity index is 4.25. The molecule has 0 heterocycles. The molecule has 0 aromatic heterocycles. The first-order valence-corrected chi connectivity index (χ1v) is 35.0. The summed E-state index contributed by atoms with van der Waals surface area (Å²) in [4.78, 5) is 38.4. The predicted octanol–water partition coefficient (Wildman–Crippen LogP) is 24.3. The monoisotopic (exact) mass is 1150 g/mol. The molecule has 0 amide bonds. The Hall–Kier alpha value is -4.19. The van der Waals surface area contributed by atoms with Crippen LogP contribution in [0.2, 0.25) is 0 Å². The Morgan fingerprint density at radius 1 is 0.253 bits per heavy atom. The van der Waals surface area contributed by atoms with Gasteiger partial charge in [-0.2, -0.15) is 0 Å². The van der Waals surface area contributed by atoms with Crippen molar-refractivity contribution >= 4 is 17.9 Å². The lowest BCUT2D eigenvalue weighted by Gasteiger charge is -2.18. The van der Waals surface area contributed by atoms with E-state index in [0.29, 0.717) is 19.3 Å². The Labute approximate surface area is 513 Å². The molecular formula is C77H130O6. The Bertz CT molecular complexity index is 1700. The fourth-order valence-electron chi connectivity index (χ4n) is 9.79. The average molecular weight is 1150 g/mol. The Kier molecular flexibility index (Phi) is 66.7. The summed E-state index contributed by atoms with van der Waals surface area (Å²) in [5, 5.41) is 0. The molecule has 1 atom stereocenters. The van der Waals surface area contributed by atoms with E-state index in [1.54, 1.807) is 0 Å². The van der Waals surface area contributed by atoms with Crippen molar-refractivity contribution in [3.05, 3.63) is 122 Å². The topological polar surface area (TPSA) is 78.9 Å². The second kappa shape index (κ2) is 70.3. The lowest BCUT2D eigenvalue weighted by Crippen LogP contribution is -2.30. The molecule has 0 aliphatic rings. The van der Waals surface area contributed by atoms with Gasteiger partial charge < -0.3 is 14.2 Å². The highest BCUT2D eigenvalue weighted by Gasteiger charge is 2.19. The molecule has 0 aliphatic heterocycles. The second-order valence-corrected chi connectivity index (χ2v) is 23.0. The average Bonchev–Trinajstić information content (AvgIpc) is 3.48. The predicted molar refractivity (Wildman–Crippen MR) is 362 cm³/mol. The van der Waals surface area contributed by atoms with Gasteiger partial charge >= 0.3 is 17.9 Å². The van der Waals surface area contributed by atoms with Crippen molar-refractivity contribution in [2.75, 3.05) is 13.2 Å². The maximum Gasteiger partial charge on any atom is 0.306 e. The summed E-state index contributed by atoms with van der Waals surface area (Å²) in [5.41, 5.74) is 0. The molecule has 0 rings (SSSR count). The van der Waals surface area contributed by atoms with Crippen LogP contribution in [-0.2, 0) is 28.6 Å². The largest absolute Gasteiger partial charge is 0.462 e. The molecule has 0 aromatic carbocycles. The molecule has 0 saturated carbocycles. The minimum atomic E-state index is -0.783. The van der Waals surface area contributed by atoms with Crippen molar-refractivity contribution in [3.63, 3.8) is 0 Å². The summed E-state index contributed by atoms with van der Waals surface area (Å²) in [6.07, 6.45) is 97.9. The van der Waals surface area contributed by atoms with E-state index in [1.807, 2.05) is 0 Å². The molecule has 0 N–H and O–H groups in total. The van der Waals surface area contributed by atoms with Crippen LogP contribution in [0, 0.1) is 0 Å². The third-order valence-corrected chi connectivity index (χ3v) is 15.0. The van der Waals surface area contributed by atoms with Crippen LogP contribution in [0.3, 0.4) is 0 Å². The zero-order valence-electron chi connectivity index (χ0n) is 54.4. The zero-order valence-corrected chi connectivity index (χ0v) is 54.4. The van der Waals surface area contributed by atoms with E-state index in [0.717, 1.165) is 128 Å². The molecule has 0 fully saturated rings. The van der Waals surface area contributed by atoms with Gasteiger partial charge in [0.1, 0.15) is 13.2 Å². The van der Waals surface area contributed by atoms with Gasteiger partial charge in [-0.25, -0.2) is 0 Å². The van der Waals surface area contributed by atoms with Crippen molar-refractivity contribution in [2.45, 2.75) is 335 Å². The van der Waals surface area contributed by atoms with Crippen LogP contribution in [-0.4, -0.2) is 37.2 Å². The maximum atomic E-state index is 12.9. The smallest absolute Gasteiger partial charge is 0.306 e. The summed E-state index contributed by atoms with van der Waals surface area (Å²) in [5.74, 6) is -0.875. The molecule has 0 bridgehead atoms. The van der Waals surface area contributed by atoms with Crippen molar-refractivity contribution in [3.8, 4) is 0 Å². The lowest BCUT2D eigenvalue weighted by atomic mass is 10.0. The first kappa shape index (κ1) is 78.8. The highest BCUT2D eigenvalue weighted by atomic mass is 16.6. The van der Waals surface area contributed by atoms with E-state index in [2.05, 4.69) is 142 Å².